The fraction of sp³-hybridized carbons (Fsp3) is 0. The Morgan fingerprint density at radius 1 is 0.275 bits per heavy atom. The summed E-state index contributed by atoms with van der Waals surface area (Å²) in [6, 6.07) is 81.2. The van der Waals surface area contributed by atoms with Crippen molar-refractivity contribution < 1.29 is 4.42 Å². The molecule has 9 aromatic carbocycles. The van der Waals surface area contributed by atoms with Gasteiger partial charge >= 0.3 is 0 Å². The zero-order valence-corrected chi connectivity index (χ0v) is 37.2. The second kappa shape index (κ2) is 16.8. The van der Waals surface area contributed by atoms with Gasteiger partial charge in [-0.25, -0.2) is 24.9 Å². The molecule has 69 heavy (non-hydrogen) atoms. The van der Waals surface area contributed by atoms with Crippen molar-refractivity contribution in [3.05, 3.63) is 237 Å². The van der Waals surface area contributed by atoms with Crippen LogP contribution in [0.3, 0.4) is 0 Å². The fourth-order valence-electron chi connectivity index (χ4n) is 9.58. The van der Waals surface area contributed by atoms with Crippen molar-refractivity contribution in [2.45, 2.75) is 0 Å². The number of furan rings is 1. The maximum Gasteiger partial charge on any atom is 0.160 e. The first-order chi connectivity index (χ1) is 34.2. The standard InChI is InChI=1S/C63H39N5O/c1-6-20-40(21-7-1)53-38-54(41-22-8-2-9-23-41)66-62(65-53)46-34-45(35-47(36-46)63-67-55(42-24-10-3-11-25-42)39-56(68-63)43-26-12-4-13-27-43)50-37-51-58(59-49-31-17-19-33-57(49)69-61(50)59)48-30-16-18-32-52(48)64-60(51)44-28-14-5-15-29-44/h1-39H. The van der Waals surface area contributed by atoms with Gasteiger partial charge in [0.2, 0.25) is 0 Å². The van der Waals surface area contributed by atoms with Crippen molar-refractivity contribution in [2.75, 3.05) is 0 Å². The number of pyridine rings is 1. The van der Waals surface area contributed by atoms with Crippen LogP contribution in [0.1, 0.15) is 0 Å². The van der Waals surface area contributed by atoms with Crippen LogP contribution in [0.4, 0.5) is 0 Å². The summed E-state index contributed by atoms with van der Waals surface area (Å²) >= 11 is 0. The van der Waals surface area contributed by atoms with E-state index in [1.165, 1.54) is 0 Å². The van der Waals surface area contributed by atoms with E-state index in [0.717, 1.165) is 122 Å². The third-order valence-electron chi connectivity index (χ3n) is 12.8. The smallest absolute Gasteiger partial charge is 0.160 e. The van der Waals surface area contributed by atoms with Crippen molar-refractivity contribution in [3.63, 3.8) is 0 Å². The molecule has 0 aliphatic carbocycles. The van der Waals surface area contributed by atoms with Gasteiger partial charge in [-0.1, -0.05) is 188 Å². The molecule has 0 fully saturated rings. The Morgan fingerprint density at radius 2 is 0.681 bits per heavy atom. The molecule has 6 nitrogen and oxygen atoms in total. The number of para-hydroxylation sites is 2. The molecule has 0 aliphatic heterocycles. The van der Waals surface area contributed by atoms with E-state index in [-0.39, 0.29) is 0 Å². The highest BCUT2D eigenvalue weighted by Gasteiger charge is 2.23. The largest absolute Gasteiger partial charge is 0.455 e. The number of hydrogen-bond donors (Lipinski definition) is 0. The quantitative estimate of drug-likeness (QED) is 0.142. The minimum atomic E-state index is 0.570. The summed E-state index contributed by atoms with van der Waals surface area (Å²) in [4.78, 5) is 26.8. The second-order valence-electron chi connectivity index (χ2n) is 17.2. The van der Waals surface area contributed by atoms with Crippen molar-refractivity contribution in [1.29, 1.82) is 0 Å². The summed E-state index contributed by atoms with van der Waals surface area (Å²) in [5.74, 6) is 1.14. The van der Waals surface area contributed by atoms with E-state index in [0.29, 0.717) is 11.6 Å². The van der Waals surface area contributed by atoms with E-state index in [1.54, 1.807) is 0 Å². The minimum absolute atomic E-state index is 0.570. The molecule has 13 rings (SSSR count). The van der Waals surface area contributed by atoms with Crippen molar-refractivity contribution in [3.8, 4) is 90.2 Å². The van der Waals surface area contributed by atoms with Crippen LogP contribution < -0.4 is 0 Å². The van der Waals surface area contributed by atoms with Crippen LogP contribution in [0.15, 0.2) is 241 Å². The van der Waals surface area contributed by atoms with Gasteiger partial charge in [-0.15, -0.1) is 0 Å². The molecule has 0 unspecified atom stereocenters. The Morgan fingerprint density at radius 3 is 1.17 bits per heavy atom. The lowest BCUT2D eigenvalue weighted by atomic mass is 9.90. The molecule has 0 amide bonds. The van der Waals surface area contributed by atoms with Crippen molar-refractivity contribution in [2.24, 2.45) is 0 Å². The van der Waals surface area contributed by atoms with Crippen LogP contribution in [-0.2, 0) is 0 Å². The summed E-state index contributed by atoms with van der Waals surface area (Å²) in [6.45, 7) is 0. The molecule has 6 heteroatoms. The Labute approximate surface area is 398 Å². The number of benzene rings is 9. The highest BCUT2D eigenvalue weighted by atomic mass is 16.3. The Kier molecular flexibility index (Phi) is 9.72. The highest BCUT2D eigenvalue weighted by Crippen LogP contribution is 2.47. The third kappa shape index (κ3) is 7.28. The molecule has 322 valence electrons. The van der Waals surface area contributed by atoms with Gasteiger partial charge in [0, 0.05) is 71.4 Å². The number of fused-ring (bicyclic) bond motifs is 7. The number of rotatable bonds is 8. The van der Waals surface area contributed by atoms with Crippen molar-refractivity contribution >= 4 is 43.6 Å². The van der Waals surface area contributed by atoms with Gasteiger partial charge < -0.3 is 4.42 Å². The SMILES string of the molecule is c1ccc(-c2cc(-c3ccccc3)nc(-c3cc(-c4nc(-c5ccccc5)cc(-c5ccccc5)n4)cc(-c4cc5c(-c6ccccc6)nc6ccccc6c5c5c4oc4ccccc45)c3)n2)cc1. The number of nitrogens with zero attached hydrogens (tertiary/aromatic N) is 5. The van der Waals surface area contributed by atoms with E-state index >= 15 is 0 Å². The first kappa shape index (κ1) is 39.9. The monoisotopic (exact) mass is 881 g/mol. The molecular weight excluding hydrogens is 843 g/mol. The van der Waals surface area contributed by atoms with Gasteiger partial charge in [0.25, 0.3) is 0 Å². The molecule has 4 aromatic heterocycles. The second-order valence-corrected chi connectivity index (χ2v) is 17.2. The normalized spacial score (nSPS) is 11.5. The lowest BCUT2D eigenvalue weighted by Gasteiger charge is -2.16. The minimum Gasteiger partial charge on any atom is -0.455 e. The molecule has 0 N–H and O–H groups in total. The summed E-state index contributed by atoms with van der Waals surface area (Å²) in [5.41, 5.74) is 15.1. The highest BCUT2D eigenvalue weighted by molar-refractivity contribution is 6.30. The van der Waals surface area contributed by atoms with Crippen LogP contribution in [-0.4, -0.2) is 24.9 Å². The van der Waals surface area contributed by atoms with Crippen LogP contribution in [0.25, 0.3) is 134 Å². The van der Waals surface area contributed by atoms with E-state index in [9.17, 15) is 0 Å². The molecule has 0 saturated heterocycles. The van der Waals surface area contributed by atoms with Gasteiger partial charge in [-0.05, 0) is 54.1 Å². The van der Waals surface area contributed by atoms with Crippen LogP contribution >= 0.6 is 0 Å². The van der Waals surface area contributed by atoms with Gasteiger partial charge in [0.15, 0.2) is 11.6 Å². The van der Waals surface area contributed by atoms with E-state index in [1.807, 2.05) is 84.9 Å². The lowest BCUT2D eigenvalue weighted by Crippen LogP contribution is -1.99. The van der Waals surface area contributed by atoms with Gasteiger partial charge in [0.05, 0.1) is 34.0 Å². The van der Waals surface area contributed by atoms with Crippen LogP contribution in [0.2, 0.25) is 0 Å². The number of hydrogen-bond acceptors (Lipinski definition) is 6. The average molecular weight is 882 g/mol. The topological polar surface area (TPSA) is 77.6 Å². The van der Waals surface area contributed by atoms with Gasteiger partial charge in [-0.2, -0.15) is 0 Å². The number of aromatic nitrogens is 5. The maximum atomic E-state index is 7.06. The molecule has 0 radical (unpaired) electrons. The Balaban J connectivity index is 1.15. The molecule has 0 saturated carbocycles. The first-order valence-corrected chi connectivity index (χ1v) is 23.1. The first-order valence-electron chi connectivity index (χ1n) is 23.1. The summed E-state index contributed by atoms with van der Waals surface area (Å²) in [5, 5.41) is 5.23. The zero-order chi connectivity index (χ0) is 45.7. The lowest BCUT2D eigenvalue weighted by molar-refractivity contribution is 0.670. The molecular formula is C63H39N5O. The Bertz CT molecular complexity index is 3790. The van der Waals surface area contributed by atoms with Crippen LogP contribution in [0, 0.1) is 0 Å². The molecule has 13 aromatic rings. The summed E-state index contributed by atoms with van der Waals surface area (Å²) in [6.07, 6.45) is 0. The molecule has 0 spiro atoms. The van der Waals surface area contributed by atoms with E-state index < -0.39 is 0 Å². The summed E-state index contributed by atoms with van der Waals surface area (Å²) in [7, 11) is 0. The summed E-state index contributed by atoms with van der Waals surface area (Å²) < 4.78 is 7.06. The molecule has 0 bridgehead atoms. The molecule has 0 atom stereocenters. The molecule has 0 aliphatic rings. The third-order valence-corrected chi connectivity index (χ3v) is 12.8. The predicted octanol–water partition coefficient (Wildman–Crippen LogP) is 16.2. The zero-order valence-electron chi connectivity index (χ0n) is 37.2. The predicted molar refractivity (Wildman–Crippen MR) is 281 cm³/mol. The molecule has 4 heterocycles. The fourth-order valence-corrected chi connectivity index (χ4v) is 9.58. The van der Waals surface area contributed by atoms with E-state index in [4.69, 9.17) is 29.3 Å². The van der Waals surface area contributed by atoms with Crippen LogP contribution in [0.5, 0.6) is 0 Å². The maximum absolute atomic E-state index is 7.06. The van der Waals surface area contributed by atoms with Gasteiger partial charge in [0.1, 0.15) is 11.2 Å². The van der Waals surface area contributed by atoms with E-state index in [2.05, 4.69) is 152 Å². The van der Waals surface area contributed by atoms with Crippen molar-refractivity contribution in [1.82, 2.24) is 24.9 Å². The Hall–Kier alpha value is -9.39. The van der Waals surface area contributed by atoms with Gasteiger partial charge in [-0.3, -0.25) is 0 Å². The average Bonchev–Trinajstić information content (AvgIpc) is 3.83.